The fraction of sp³-hybridized carbons (Fsp3) is 0.562. The van der Waals surface area contributed by atoms with Gasteiger partial charge in [0.25, 0.3) is 0 Å². The van der Waals surface area contributed by atoms with Crippen LogP contribution in [0.5, 0.6) is 5.75 Å². The van der Waals surface area contributed by atoms with Crippen molar-refractivity contribution in [3.8, 4) is 5.75 Å². The summed E-state index contributed by atoms with van der Waals surface area (Å²) in [6.07, 6.45) is 0.843. The average molecular weight is 325 g/mol. The van der Waals surface area contributed by atoms with Crippen LogP contribution < -0.4 is 10.1 Å². The maximum Gasteiger partial charge on any atom is 0.220 e. The van der Waals surface area contributed by atoms with E-state index in [1.54, 1.807) is 7.11 Å². The van der Waals surface area contributed by atoms with Crippen LogP contribution in [0.3, 0.4) is 0 Å². The molecule has 5 nitrogen and oxygen atoms in total. The summed E-state index contributed by atoms with van der Waals surface area (Å²) in [7, 11) is -1.33. The molecule has 2 rings (SSSR count). The van der Waals surface area contributed by atoms with Crippen LogP contribution in [0, 0.1) is 12.8 Å². The molecule has 1 saturated heterocycles. The molecule has 0 aliphatic carbocycles. The number of hydrogen-bond donors (Lipinski definition) is 1. The molecule has 6 heteroatoms. The predicted octanol–water partition coefficient (Wildman–Crippen LogP) is 2.01. The summed E-state index contributed by atoms with van der Waals surface area (Å²) in [5.74, 6) is 0.894. The molecule has 0 spiro atoms. The highest BCUT2D eigenvalue weighted by Crippen LogP contribution is 2.27. The van der Waals surface area contributed by atoms with Crippen molar-refractivity contribution in [1.82, 2.24) is 5.32 Å². The zero-order valence-electron chi connectivity index (χ0n) is 13.3. The lowest BCUT2D eigenvalue weighted by atomic mass is 10.0. The summed E-state index contributed by atoms with van der Waals surface area (Å²) in [5.41, 5.74) is 2.02. The summed E-state index contributed by atoms with van der Waals surface area (Å²) in [6, 6.07) is 5.65. The lowest BCUT2D eigenvalue weighted by molar-refractivity contribution is -0.122. The van der Waals surface area contributed by atoms with Crippen LogP contribution in [0.4, 0.5) is 0 Å². The summed E-state index contributed by atoms with van der Waals surface area (Å²) in [6.45, 7) is 3.89. The SMILES string of the molecule is COc1ccc(C)cc1[C@H](C)NC(=O)C[C@@H]1CCS(=O)(=O)C1. The van der Waals surface area contributed by atoms with Gasteiger partial charge in [-0.05, 0) is 32.3 Å². The molecule has 1 heterocycles. The molecule has 0 aromatic heterocycles. The van der Waals surface area contributed by atoms with E-state index in [-0.39, 0.29) is 35.8 Å². The Bertz CT molecular complexity index is 654. The van der Waals surface area contributed by atoms with Gasteiger partial charge in [0.2, 0.25) is 5.91 Å². The van der Waals surface area contributed by atoms with Gasteiger partial charge < -0.3 is 10.1 Å². The van der Waals surface area contributed by atoms with Crippen LogP contribution >= 0.6 is 0 Å². The zero-order valence-corrected chi connectivity index (χ0v) is 14.1. The summed E-state index contributed by atoms with van der Waals surface area (Å²) >= 11 is 0. The highest BCUT2D eigenvalue weighted by atomic mass is 32.2. The number of nitrogens with one attached hydrogen (secondary N) is 1. The lowest BCUT2D eigenvalue weighted by Crippen LogP contribution is -2.29. The van der Waals surface area contributed by atoms with E-state index in [9.17, 15) is 13.2 Å². The number of carbonyl (C=O) groups is 1. The van der Waals surface area contributed by atoms with Gasteiger partial charge in [-0.25, -0.2) is 8.42 Å². The third-order valence-corrected chi connectivity index (χ3v) is 5.87. The monoisotopic (exact) mass is 325 g/mol. The van der Waals surface area contributed by atoms with Crippen molar-refractivity contribution in [3.05, 3.63) is 29.3 Å². The summed E-state index contributed by atoms with van der Waals surface area (Å²) < 4.78 is 28.2. The van der Waals surface area contributed by atoms with Gasteiger partial charge >= 0.3 is 0 Å². The number of ether oxygens (including phenoxy) is 1. The molecule has 0 saturated carbocycles. The van der Waals surface area contributed by atoms with Crippen LogP contribution in [0.15, 0.2) is 18.2 Å². The Morgan fingerprint density at radius 1 is 1.45 bits per heavy atom. The highest BCUT2D eigenvalue weighted by Gasteiger charge is 2.29. The number of carbonyl (C=O) groups excluding carboxylic acids is 1. The quantitative estimate of drug-likeness (QED) is 0.899. The second kappa shape index (κ2) is 6.69. The number of methoxy groups -OCH3 is 1. The fourth-order valence-electron chi connectivity index (χ4n) is 2.87. The molecule has 0 bridgehead atoms. The van der Waals surface area contributed by atoms with Crippen molar-refractivity contribution in [3.63, 3.8) is 0 Å². The minimum absolute atomic E-state index is 0.0587. The number of sulfone groups is 1. The number of benzene rings is 1. The van der Waals surface area contributed by atoms with Crippen molar-refractivity contribution < 1.29 is 17.9 Å². The maximum atomic E-state index is 12.1. The van der Waals surface area contributed by atoms with E-state index in [1.165, 1.54) is 0 Å². The molecule has 1 aliphatic heterocycles. The van der Waals surface area contributed by atoms with Crippen molar-refractivity contribution in [2.45, 2.75) is 32.7 Å². The molecule has 2 atom stereocenters. The van der Waals surface area contributed by atoms with Crippen molar-refractivity contribution >= 4 is 15.7 Å². The Morgan fingerprint density at radius 3 is 2.77 bits per heavy atom. The van der Waals surface area contributed by atoms with Gasteiger partial charge in [-0.1, -0.05) is 17.7 Å². The van der Waals surface area contributed by atoms with Gasteiger partial charge in [0.1, 0.15) is 5.75 Å². The molecule has 122 valence electrons. The number of amides is 1. The van der Waals surface area contributed by atoms with Crippen molar-refractivity contribution in [2.24, 2.45) is 5.92 Å². The molecule has 1 fully saturated rings. The van der Waals surface area contributed by atoms with Crippen LogP contribution in [0.2, 0.25) is 0 Å². The van der Waals surface area contributed by atoms with Crippen molar-refractivity contribution in [1.29, 1.82) is 0 Å². The molecular formula is C16H23NO4S. The highest BCUT2D eigenvalue weighted by molar-refractivity contribution is 7.91. The summed E-state index contributed by atoms with van der Waals surface area (Å²) in [4.78, 5) is 12.1. The smallest absolute Gasteiger partial charge is 0.220 e. The molecular weight excluding hydrogens is 302 g/mol. The van der Waals surface area contributed by atoms with Gasteiger partial charge in [-0.15, -0.1) is 0 Å². The van der Waals surface area contributed by atoms with Crippen LogP contribution in [0.1, 0.15) is 36.9 Å². The van der Waals surface area contributed by atoms with Crippen LogP contribution in [-0.4, -0.2) is 32.9 Å². The fourth-order valence-corrected chi connectivity index (χ4v) is 4.73. The van der Waals surface area contributed by atoms with Gasteiger partial charge in [0.15, 0.2) is 9.84 Å². The Hall–Kier alpha value is -1.56. The number of rotatable bonds is 5. The normalized spacial score (nSPS) is 21.3. The minimum atomic E-state index is -2.94. The number of aryl methyl sites for hydroxylation is 1. The molecule has 0 radical (unpaired) electrons. The molecule has 1 N–H and O–H groups in total. The van der Waals surface area contributed by atoms with Crippen LogP contribution in [0.25, 0.3) is 0 Å². The first-order chi connectivity index (χ1) is 10.3. The first-order valence-electron chi connectivity index (χ1n) is 7.45. The Kier molecular flexibility index (Phi) is 5.11. The Balaban J connectivity index is 1.98. The topological polar surface area (TPSA) is 72.5 Å². The van der Waals surface area contributed by atoms with E-state index >= 15 is 0 Å². The van der Waals surface area contributed by atoms with Crippen molar-refractivity contribution in [2.75, 3.05) is 18.6 Å². The molecule has 1 aromatic rings. The molecule has 1 amide bonds. The Morgan fingerprint density at radius 2 is 2.18 bits per heavy atom. The standard InChI is InChI=1S/C16H23NO4S/c1-11-4-5-15(21-3)14(8-11)12(2)17-16(18)9-13-6-7-22(19,20)10-13/h4-5,8,12-13H,6-7,9-10H2,1-3H3,(H,17,18)/t12-,13-/m0/s1. The minimum Gasteiger partial charge on any atom is -0.496 e. The lowest BCUT2D eigenvalue weighted by Gasteiger charge is -2.19. The zero-order chi connectivity index (χ0) is 16.3. The molecule has 0 unspecified atom stereocenters. The third kappa shape index (κ3) is 4.22. The first-order valence-corrected chi connectivity index (χ1v) is 9.27. The van der Waals surface area contributed by atoms with E-state index in [0.717, 1.165) is 16.9 Å². The second-order valence-corrected chi connectivity index (χ2v) is 8.24. The second-order valence-electron chi connectivity index (χ2n) is 6.01. The predicted molar refractivity (Wildman–Crippen MR) is 85.7 cm³/mol. The van der Waals surface area contributed by atoms with Gasteiger partial charge in [0, 0.05) is 12.0 Å². The maximum absolute atomic E-state index is 12.1. The average Bonchev–Trinajstić information content (AvgIpc) is 2.77. The van der Waals surface area contributed by atoms with E-state index < -0.39 is 9.84 Å². The van der Waals surface area contributed by atoms with Crippen LogP contribution in [-0.2, 0) is 14.6 Å². The van der Waals surface area contributed by atoms with Gasteiger partial charge in [0.05, 0.1) is 24.7 Å². The van der Waals surface area contributed by atoms with E-state index in [1.807, 2.05) is 32.0 Å². The Labute approximate surface area is 132 Å². The largest absolute Gasteiger partial charge is 0.496 e. The molecule has 22 heavy (non-hydrogen) atoms. The summed E-state index contributed by atoms with van der Waals surface area (Å²) in [5, 5.41) is 2.94. The van der Waals surface area contributed by atoms with E-state index in [4.69, 9.17) is 4.74 Å². The molecule has 1 aliphatic rings. The van der Waals surface area contributed by atoms with Gasteiger partial charge in [-0.2, -0.15) is 0 Å². The third-order valence-electron chi connectivity index (χ3n) is 4.03. The first kappa shape index (κ1) is 16.8. The van der Waals surface area contributed by atoms with E-state index in [0.29, 0.717) is 6.42 Å². The van der Waals surface area contributed by atoms with E-state index in [2.05, 4.69) is 5.32 Å². The molecule has 1 aromatic carbocycles. The number of hydrogen-bond acceptors (Lipinski definition) is 4. The van der Waals surface area contributed by atoms with Gasteiger partial charge in [-0.3, -0.25) is 4.79 Å².